The van der Waals surface area contributed by atoms with Gasteiger partial charge in [-0.25, -0.2) is 8.42 Å². The molecule has 0 aliphatic carbocycles. The van der Waals surface area contributed by atoms with Crippen LogP contribution in [0.15, 0.2) is 29.2 Å². The number of hydrogen-bond acceptors (Lipinski definition) is 4. The number of sulfone groups is 1. The van der Waals surface area contributed by atoms with Gasteiger partial charge in [-0.15, -0.1) is 0 Å². The smallest absolute Gasteiger partial charge is 0.220 e. The van der Waals surface area contributed by atoms with Crippen molar-refractivity contribution in [1.82, 2.24) is 5.32 Å². The monoisotopic (exact) mass is 327 g/mol. The van der Waals surface area contributed by atoms with Crippen molar-refractivity contribution in [2.45, 2.75) is 44.6 Å². The second kappa shape index (κ2) is 8.17. The molecule has 1 atom stereocenters. The molecule has 0 aliphatic heterocycles. The largest absolute Gasteiger partial charge is 0.494 e. The number of benzene rings is 1. The van der Waals surface area contributed by atoms with Gasteiger partial charge in [0.2, 0.25) is 5.91 Å². The van der Waals surface area contributed by atoms with Gasteiger partial charge in [0.1, 0.15) is 5.75 Å². The fraction of sp³-hybridized carbons (Fsp3) is 0.562. The summed E-state index contributed by atoms with van der Waals surface area (Å²) in [5.41, 5.74) is 0. The molecule has 0 fully saturated rings. The van der Waals surface area contributed by atoms with Crippen LogP contribution in [0.5, 0.6) is 5.75 Å². The predicted molar refractivity (Wildman–Crippen MR) is 86.7 cm³/mol. The summed E-state index contributed by atoms with van der Waals surface area (Å²) in [7, 11) is -3.18. The van der Waals surface area contributed by atoms with Gasteiger partial charge in [-0.05, 0) is 43.5 Å². The van der Waals surface area contributed by atoms with Crippen LogP contribution in [0.25, 0.3) is 0 Å². The first-order chi connectivity index (χ1) is 10.2. The number of nitrogens with one attached hydrogen (secondary N) is 1. The second-order valence-electron chi connectivity index (χ2n) is 5.80. The number of rotatable bonds is 8. The summed E-state index contributed by atoms with van der Waals surface area (Å²) in [5, 5.41) is 2.94. The van der Waals surface area contributed by atoms with E-state index < -0.39 is 9.84 Å². The number of hydrogen-bond donors (Lipinski definition) is 1. The molecule has 1 amide bonds. The van der Waals surface area contributed by atoms with Crippen molar-refractivity contribution in [3.8, 4) is 5.75 Å². The van der Waals surface area contributed by atoms with E-state index in [9.17, 15) is 13.2 Å². The number of ether oxygens (including phenoxy) is 1. The molecule has 0 aliphatic rings. The lowest BCUT2D eigenvalue weighted by Crippen LogP contribution is -2.36. The maximum Gasteiger partial charge on any atom is 0.220 e. The molecule has 1 aromatic rings. The van der Waals surface area contributed by atoms with Gasteiger partial charge in [0.25, 0.3) is 0 Å². The molecular weight excluding hydrogens is 302 g/mol. The normalized spacial score (nSPS) is 13.0. The molecule has 0 bridgehead atoms. The fourth-order valence-electron chi connectivity index (χ4n) is 1.70. The number of carbonyl (C=O) groups is 1. The highest BCUT2D eigenvalue weighted by molar-refractivity contribution is 7.90. The Labute approximate surface area is 133 Å². The van der Waals surface area contributed by atoms with Gasteiger partial charge in [-0.3, -0.25) is 4.79 Å². The Hall–Kier alpha value is -1.56. The second-order valence-corrected chi connectivity index (χ2v) is 7.81. The minimum Gasteiger partial charge on any atom is -0.494 e. The maximum absolute atomic E-state index is 11.7. The van der Waals surface area contributed by atoms with E-state index in [4.69, 9.17) is 4.74 Å². The molecule has 22 heavy (non-hydrogen) atoms. The van der Waals surface area contributed by atoms with Gasteiger partial charge >= 0.3 is 0 Å². The summed E-state index contributed by atoms with van der Waals surface area (Å²) >= 11 is 0. The molecule has 0 saturated carbocycles. The lowest BCUT2D eigenvalue weighted by atomic mass is 10.1. The summed E-state index contributed by atoms with van der Waals surface area (Å²) < 4.78 is 28.2. The van der Waals surface area contributed by atoms with E-state index >= 15 is 0 Å². The van der Waals surface area contributed by atoms with Crippen LogP contribution in [0.3, 0.4) is 0 Å². The van der Waals surface area contributed by atoms with Gasteiger partial charge in [0.05, 0.1) is 11.5 Å². The Bertz CT molecular complexity index is 579. The van der Waals surface area contributed by atoms with Crippen LogP contribution in [-0.4, -0.2) is 33.2 Å². The molecular formula is C16H25NO4S. The van der Waals surface area contributed by atoms with Crippen LogP contribution in [-0.2, 0) is 14.6 Å². The van der Waals surface area contributed by atoms with E-state index in [2.05, 4.69) is 19.2 Å². The van der Waals surface area contributed by atoms with Crippen LogP contribution < -0.4 is 10.1 Å². The van der Waals surface area contributed by atoms with Crippen molar-refractivity contribution >= 4 is 15.7 Å². The Balaban J connectivity index is 2.32. The molecule has 1 aromatic carbocycles. The molecule has 0 spiro atoms. The average molecular weight is 327 g/mol. The van der Waals surface area contributed by atoms with E-state index in [1.807, 2.05) is 6.92 Å². The lowest BCUT2D eigenvalue weighted by Gasteiger charge is -2.17. The average Bonchev–Trinajstić information content (AvgIpc) is 2.43. The minimum atomic E-state index is -3.18. The van der Waals surface area contributed by atoms with Crippen molar-refractivity contribution in [2.24, 2.45) is 5.92 Å². The predicted octanol–water partition coefficient (Wildman–Crippen LogP) is 2.41. The summed E-state index contributed by atoms with van der Waals surface area (Å²) in [6.07, 6.45) is 2.20. The molecule has 0 aromatic heterocycles. The Morgan fingerprint density at radius 3 is 2.27 bits per heavy atom. The minimum absolute atomic E-state index is 0.0252. The van der Waals surface area contributed by atoms with Crippen LogP contribution in [0, 0.1) is 5.92 Å². The zero-order valence-electron chi connectivity index (χ0n) is 13.6. The summed E-state index contributed by atoms with van der Waals surface area (Å²) in [5.74, 6) is 1.04. The van der Waals surface area contributed by atoms with Gasteiger partial charge in [0.15, 0.2) is 9.84 Å². The molecule has 0 radical (unpaired) electrons. The maximum atomic E-state index is 11.7. The third-order valence-corrected chi connectivity index (χ3v) is 4.59. The number of carbonyl (C=O) groups excluding carboxylic acids is 1. The molecule has 0 unspecified atom stereocenters. The van der Waals surface area contributed by atoms with Gasteiger partial charge < -0.3 is 10.1 Å². The quantitative estimate of drug-likeness (QED) is 0.744. The third-order valence-electron chi connectivity index (χ3n) is 3.46. The summed E-state index contributed by atoms with van der Waals surface area (Å²) in [6.45, 7) is 6.53. The van der Waals surface area contributed by atoms with Crippen LogP contribution in [0.1, 0.15) is 33.6 Å². The molecule has 6 heteroatoms. The van der Waals surface area contributed by atoms with E-state index in [0.29, 0.717) is 31.1 Å². The summed E-state index contributed by atoms with van der Waals surface area (Å²) in [6, 6.07) is 6.44. The third kappa shape index (κ3) is 6.47. The van der Waals surface area contributed by atoms with Gasteiger partial charge in [-0.2, -0.15) is 0 Å². The lowest BCUT2D eigenvalue weighted by molar-refractivity contribution is -0.122. The van der Waals surface area contributed by atoms with Crippen molar-refractivity contribution in [1.29, 1.82) is 0 Å². The first-order valence-electron chi connectivity index (χ1n) is 7.42. The Morgan fingerprint density at radius 1 is 1.18 bits per heavy atom. The van der Waals surface area contributed by atoms with Crippen LogP contribution >= 0.6 is 0 Å². The SMILES string of the molecule is CC(C)[C@@H](C)NC(=O)CCCOc1ccc(S(C)(=O)=O)cc1. The van der Waals surface area contributed by atoms with Gasteiger partial charge in [-0.1, -0.05) is 13.8 Å². The van der Waals surface area contributed by atoms with Crippen molar-refractivity contribution in [3.63, 3.8) is 0 Å². The molecule has 0 saturated heterocycles. The highest BCUT2D eigenvalue weighted by Gasteiger charge is 2.10. The summed E-state index contributed by atoms with van der Waals surface area (Å²) in [4.78, 5) is 12.0. The van der Waals surface area contributed by atoms with Crippen molar-refractivity contribution in [2.75, 3.05) is 12.9 Å². The van der Waals surface area contributed by atoms with E-state index in [1.165, 1.54) is 18.4 Å². The first kappa shape index (κ1) is 18.5. The Morgan fingerprint density at radius 2 is 1.77 bits per heavy atom. The molecule has 1 rings (SSSR count). The van der Waals surface area contributed by atoms with E-state index in [1.54, 1.807) is 12.1 Å². The first-order valence-corrected chi connectivity index (χ1v) is 9.31. The fourth-order valence-corrected chi connectivity index (χ4v) is 2.33. The van der Waals surface area contributed by atoms with E-state index in [-0.39, 0.29) is 16.8 Å². The topological polar surface area (TPSA) is 72.5 Å². The zero-order valence-corrected chi connectivity index (χ0v) is 14.4. The van der Waals surface area contributed by atoms with Crippen molar-refractivity contribution in [3.05, 3.63) is 24.3 Å². The molecule has 1 N–H and O–H groups in total. The molecule has 0 heterocycles. The van der Waals surface area contributed by atoms with Crippen molar-refractivity contribution < 1.29 is 17.9 Å². The zero-order chi connectivity index (χ0) is 16.8. The van der Waals surface area contributed by atoms with E-state index in [0.717, 1.165) is 0 Å². The van der Waals surface area contributed by atoms with Crippen LogP contribution in [0.2, 0.25) is 0 Å². The highest BCUT2D eigenvalue weighted by Crippen LogP contribution is 2.16. The Kier molecular flexibility index (Phi) is 6.87. The number of amides is 1. The standard InChI is InChI=1S/C16H25NO4S/c1-12(2)13(3)17-16(18)6-5-11-21-14-7-9-15(10-8-14)22(4,19)20/h7-10,12-13H,5-6,11H2,1-4H3,(H,17,18)/t13-/m1/s1. The molecule has 5 nitrogen and oxygen atoms in total. The van der Waals surface area contributed by atoms with Crippen LogP contribution in [0.4, 0.5) is 0 Å². The van der Waals surface area contributed by atoms with Gasteiger partial charge in [0, 0.05) is 18.7 Å². The molecule has 124 valence electrons. The highest BCUT2D eigenvalue weighted by atomic mass is 32.2.